The van der Waals surface area contributed by atoms with Gasteiger partial charge >= 0.3 is 0 Å². The Morgan fingerprint density at radius 3 is 2.72 bits per heavy atom. The first-order valence-electron chi connectivity index (χ1n) is 10.8. The number of hydrogen-bond acceptors (Lipinski definition) is 6. The summed E-state index contributed by atoms with van der Waals surface area (Å²) in [6.07, 6.45) is 8.06. The highest BCUT2D eigenvalue weighted by Gasteiger charge is 2.13. The smallest absolute Gasteiger partial charge is 0.232 e. The van der Waals surface area contributed by atoms with Crippen molar-refractivity contribution in [3.63, 3.8) is 0 Å². The Balaban J connectivity index is 0.00000289. The minimum atomic E-state index is 0. The number of nitrogens with two attached hydrogens (primary N) is 1. The first-order valence-corrected chi connectivity index (χ1v) is 11.1. The van der Waals surface area contributed by atoms with Crippen LogP contribution in [0.25, 0.3) is 10.8 Å². The Morgan fingerprint density at radius 1 is 1.12 bits per heavy atom. The highest BCUT2D eigenvalue weighted by Crippen LogP contribution is 2.24. The Kier molecular flexibility index (Phi) is 8.42. The fraction of sp³-hybridized carbons (Fsp3) is 0.400. The molecule has 7 heteroatoms. The number of halogens is 1. The Morgan fingerprint density at radius 2 is 1.94 bits per heavy atom. The second-order valence-electron chi connectivity index (χ2n) is 7.94. The molecular weight excluding hydrogens is 424 g/mol. The number of likely N-dealkylation sites (tertiary alicyclic amines) is 1. The van der Waals surface area contributed by atoms with E-state index >= 15 is 0 Å². The van der Waals surface area contributed by atoms with E-state index in [1.807, 2.05) is 24.3 Å². The van der Waals surface area contributed by atoms with Crippen LogP contribution < -0.4 is 10.5 Å². The SMILES string of the molecule is C.Nc1nccc2cc(CCC(=O)c3cnc(OCCN4CCCCC4)c(Cl)c3)ccc12. The lowest BCUT2D eigenvalue weighted by Gasteiger charge is -2.26. The number of ether oxygens (including phenoxy) is 1. The number of carbonyl (C=O) groups excluding carboxylic acids is 1. The number of carbonyl (C=O) groups is 1. The molecule has 0 radical (unpaired) electrons. The molecule has 0 aliphatic carbocycles. The third kappa shape index (κ3) is 5.96. The summed E-state index contributed by atoms with van der Waals surface area (Å²) in [5.41, 5.74) is 7.48. The van der Waals surface area contributed by atoms with Crippen molar-refractivity contribution in [1.82, 2.24) is 14.9 Å². The number of anilines is 1. The van der Waals surface area contributed by atoms with E-state index in [4.69, 9.17) is 22.1 Å². The number of nitrogen functional groups attached to an aromatic ring is 1. The van der Waals surface area contributed by atoms with E-state index < -0.39 is 0 Å². The molecule has 4 rings (SSSR count). The Bertz CT molecular complexity index is 1070. The maximum atomic E-state index is 12.6. The third-order valence-corrected chi connectivity index (χ3v) is 6.00. The highest BCUT2D eigenvalue weighted by atomic mass is 35.5. The quantitative estimate of drug-likeness (QED) is 0.472. The zero-order valence-corrected chi connectivity index (χ0v) is 18.3. The van der Waals surface area contributed by atoms with E-state index in [9.17, 15) is 4.79 Å². The molecule has 1 aliphatic heterocycles. The topological polar surface area (TPSA) is 81.3 Å². The van der Waals surface area contributed by atoms with E-state index in [-0.39, 0.29) is 13.2 Å². The average Bonchev–Trinajstić information content (AvgIpc) is 2.79. The average molecular weight is 455 g/mol. The number of fused-ring (bicyclic) bond motifs is 1. The van der Waals surface area contributed by atoms with Crippen LogP contribution in [0.2, 0.25) is 5.02 Å². The predicted octanol–water partition coefficient (Wildman–Crippen LogP) is 5.18. The predicted molar refractivity (Wildman–Crippen MR) is 131 cm³/mol. The summed E-state index contributed by atoms with van der Waals surface area (Å²) in [5.74, 6) is 0.902. The second-order valence-corrected chi connectivity index (χ2v) is 8.34. The Hall–Kier alpha value is -2.70. The van der Waals surface area contributed by atoms with Gasteiger partial charge in [-0.15, -0.1) is 0 Å². The monoisotopic (exact) mass is 454 g/mol. The van der Waals surface area contributed by atoms with Gasteiger partial charge in [0.1, 0.15) is 17.4 Å². The van der Waals surface area contributed by atoms with E-state index in [2.05, 4.69) is 14.9 Å². The van der Waals surface area contributed by atoms with Crippen molar-refractivity contribution in [3.05, 3.63) is 58.9 Å². The van der Waals surface area contributed by atoms with Gasteiger partial charge in [0, 0.05) is 36.3 Å². The molecule has 0 unspecified atom stereocenters. The molecule has 0 amide bonds. The van der Waals surface area contributed by atoms with Crippen molar-refractivity contribution in [2.24, 2.45) is 0 Å². The molecular formula is C25H31ClN4O2. The molecule has 1 saturated heterocycles. The largest absolute Gasteiger partial charge is 0.475 e. The summed E-state index contributed by atoms with van der Waals surface area (Å²) >= 11 is 6.32. The summed E-state index contributed by atoms with van der Waals surface area (Å²) in [6.45, 7) is 3.66. The second kappa shape index (κ2) is 11.2. The number of benzene rings is 1. The van der Waals surface area contributed by atoms with Gasteiger partial charge in [-0.3, -0.25) is 9.69 Å². The van der Waals surface area contributed by atoms with Crippen LogP contribution in [-0.2, 0) is 6.42 Å². The number of rotatable bonds is 8. The molecule has 6 nitrogen and oxygen atoms in total. The molecule has 32 heavy (non-hydrogen) atoms. The lowest BCUT2D eigenvalue weighted by atomic mass is 10.0. The van der Waals surface area contributed by atoms with E-state index in [1.165, 1.54) is 19.3 Å². The van der Waals surface area contributed by atoms with Crippen molar-refractivity contribution in [3.8, 4) is 5.88 Å². The minimum absolute atomic E-state index is 0. The minimum Gasteiger partial charge on any atom is -0.475 e. The molecule has 3 aromatic rings. The number of hydrogen-bond donors (Lipinski definition) is 1. The van der Waals surface area contributed by atoms with Gasteiger partial charge in [-0.1, -0.05) is 43.6 Å². The number of aryl methyl sites for hydroxylation is 1. The lowest BCUT2D eigenvalue weighted by Crippen LogP contribution is -2.33. The molecule has 1 fully saturated rings. The number of nitrogens with zero attached hydrogens (tertiary/aromatic N) is 3. The van der Waals surface area contributed by atoms with Crippen molar-refractivity contribution in [1.29, 1.82) is 0 Å². The normalized spacial score (nSPS) is 14.2. The number of ketones is 1. The fourth-order valence-corrected chi connectivity index (χ4v) is 4.17. The molecule has 0 atom stereocenters. The van der Waals surface area contributed by atoms with Gasteiger partial charge in [-0.25, -0.2) is 9.97 Å². The van der Waals surface area contributed by atoms with Crippen LogP contribution in [0.15, 0.2) is 42.7 Å². The zero-order chi connectivity index (χ0) is 21.6. The summed E-state index contributed by atoms with van der Waals surface area (Å²) in [6, 6.07) is 9.56. The molecule has 2 N–H and O–H groups in total. The van der Waals surface area contributed by atoms with E-state index in [1.54, 1.807) is 18.5 Å². The molecule has 170 valence electrons. The van der Waals surface area contributed by atoms with Crippen molar-refractivity contribution >= 4 is 34.0 Å². The van der Waals surface area contributed by atoms with Crippen LogP contribution >= 0.6 is 11.6 Å². The first-order chi connectivity index (χ1) is 15.1. The van der Waals surface area contributed by atoms with Gasteiger partial charge in [0.25, 0.3) is 0 Å². The van der Waals surface area contributed by atoms with Crippen LogP contribution in [0.5, 0.6) is 5.88 Å². The van der Waals surface area contributed by atoms with Crippen LogP contribution in [0, 0.1) is 0 Å². The number of Topliss-reactive ketones (excluding diaryl/α,β-unsaturated/α-hetero) is 1. The van der Waals surface area contributed by atoms with Crippen LogP contribution in [0.4, 0.5) is 5.82 Å². The van der Waals surface area contributed by atoms with Gasteiger partial charge in [0.2, 0.25) is 5.88 Å². The van der Waals surface area contributed by atoms with Crippen LogP contribution in [0.1, 0.15) is 49.0 Å². The molecule has 0 bridgehead atoms. The molecule has 3 heterocycles. The summed E-state index contributed by atoms with van der Waals surface area (Å²) < 4.78 is 5.74. The van der Waals surface area contributed by atoms with Gasteiger partial charge in [0.05, 0.1) is 0 Å². The Labute approximate surface area is 194 Å². The summed E-state index contributed by atoms with van der Waals surface area (Å²) in [5, 5.41) is 2.32. The van der Waals surface area contributed by atoms with Crippen molar-refractivity contribution in [2.75, 3.05) is 32.0 Å². The van der Waals surface area contributed by atoms with Gasteiger partial charge in [-0.05, 0) is 55.4 Å². The summed E-state index contributed by atoms with van der Waals surface area (Å²) in [4.78, 5) is 23.4. The highest BCUT2D eigenvalue weighted by molar-refractivity contribution is 6.32. The lowest BCUT2D eigenvalue weighted by molar-refractivity contribution is 0.0982. The van der Waals surface area contributed by atoms with E-state index in [0.29, 0.717) is 41.7 Å². The number of piperidine rings is 1. The van der Waals surface area contributed by atoms with Crippen LogP contribution in [0.3, 0.4) is 0 Å². The molecule has 2 aromatic heterocycles. The maximum Gasteiger partial charge on any atom is 0.232 e. The van der Waals surface area contributed by atoms with Crippen molar-refractivity contribution in [2.45, 2.75) is 39.5 Å². The summed E-state index contributed by atoms with van der Waals surface area (Å²) in [7, 11) is 0. The standard InChI is InChI=1S/C24H27ClN4O2.CH4/c25-21-15-19(16-28-24(21)31-13-12-29-10-2-1-3-11-29)22(30)7-5-17-4-6-20-18(14-17)8-9-27-23(20)26;/h4,6,8-9,14-16H,1-3,5,7,10-13H2,(H2,26,27);1H4. The molecule has 0 saturated carbocycles. The molecule has 0 spiro atoms. The maximum absolute atomic E-state index is 12.6. The number of pyridine rings is 2. The molecule has 1 aromatic carbocycles. The van der Waals surface area contributed by atoms with Gasteiger partial charge in [-0.2, -0.15) is 0 Å². The van der Waals surface area contributed by atoms with Gasteiger partial charge < -0.3 is 10.5 Å². The molecule has 1 aliphatic rings. The van der Waals surface area contributed by atoms with Crippen LogP contribution in [-0.4, -0.2) is 46.9 Å². The third-order valence-electron chi connectivity index (χ3n) is 5.72. The fourth-order valence-electron chi connectivity index (χ4n) is 3.95. The van der Waals surface area contributed by atoms with E-state index in [0.717, 1.165) is 36.0 Å². The number of aromatic nitrogens is 2. The first kappa shape index (κ1) is 24.0. The zero-order valence-electron chi connectivity index (χ0n) is 17.5. The van der Waals surface area contributed by atoms with Crippen molar-refractivity contribution < 1.29 is 9.53 Å². The van der Waals surface area contributed by atoms with Gasteiger partial charge in [0.15, 0.2) is 5.78 Å².